The Bertz CT molecular complexity index is 535. The summed E-state index contributed by atoms with van der Waals surface area (Å²) in [5.74, 6) is -0.0647. The van der Waals surface area contributed by atoms with Crippen LogP contribution in [0.5, 0.6) is 0 Å². The number of nitro benzene ring substituents is 1. The number of nitrogens with one attached hydrogen (secondary N) is 1. The maximum atomic E-state index is 12.0. The van der Waals surface area contributed by atoms with Crippen molar-refractivity contribution in [2.24, 2.45) is 5.92 Å². The van der Waals surface area contributed by atoms with Crippen LogP contribution in [0, 0.1) is 16.0 Å². The average Bonchev–Trinajstić information content (AvgIpc) is 2.81. The lowest BCUT2D eigenvalue weighted by molar-refractivity contribution is -0.384. The Kier molecular flexibility index (Phi) is 4.57. The lowest BCUT2D eigenvalue weighted by Crippen LogP contribution is -2.31. The molecule has 6 nitrogen and oxygen atoms in total. The third-order valence-electron chi connectivity index (χ3n) is 3.46. The predicted molar refractivity (Wildman–Crippen MR) is 74.0 cm³/mol. The van der Waals surface area contributed by atoms with E-state index in [9.17, 15) is 14.9 Å². The van der Waals surface area contributed by atoms with Gasteiger partial charge in [-0.3, -0.25) is 14.9 Å². The van der Waals surface area contributed by atoms with Crippen molar-refractivity contribution in [1.29, 1.82) is 0 Å². The molecule has 108 valence electrons. The molecule has 0 aliphatic carbocycles. The normalized spacial score (nSPS) is 21.7. The Morgan fingerprint density at radius 1 is 1.60 bits per heavy atom. The second-order valence-corrected chi connectivity index (χ2v) is 5.17. The summed E-state index contributed by atoms with van der Waals surface area (Å²) < 4.78 is 5.41. The Morgan fingerprint density at radius 3 is 2.95 bits per heavy atom. The molecule has 1 saturated heterocycles. The van der Waals surface area contributed by atoms with Gasteiger partial charge in [0.15, 0.2) is 0 Å². The number of carbonyl (C=O) groups is 1. The molecular weight excluding hydrogens is 284 g/mol. The lowest BCUT2D eigenvalue weighted by atomic mass is 10.0. The van der Waals surface area contributed by atoms with Crippen molar-refractivity contribution in [2.45, 2.75) is 19.4 Å². The molecule has 2 atom stereocenters. The van der Waals surface area contributed by atoms with Crippen LogP contribution >= 0.6 is 11.6 Å². The summed E-state index contributed by atoms with van der Waals surface area (Å²) in [6, 6.07) is 4.02. The van der Waals surface area contributed by atoms with Crippen LogP contribution in [0.3, 0.4) is 0 Å². The van der Waals surface area contributed by atoms with Crippen LogP contribution in [0.25, 0.3) is 0 Å². The van der Waals surface area contributed by atoms with Crippen LogP contribution in [0.2, 0.25) is 5.02 Å². The van der Waals surface area contributed by atoms with Gasteiger partial charge in [0, 0.05) is 30.7 Å². The molecule has 0 bridgehead atoms. The minimum absolute atomic E-state index is 0.0179. The number of hydrogen-bond donors (Lipinski definition) is 1. The molecule has 20 heavy (non-hydrogen) atoms. The highest BCUT2D eigenvalue weighted by atomic mass is 35.5. The topological polar surface area (TPSA) is 81.5 Å². The first-order valence-electron chi connectivity index (χ1n) is 6.33. The third-order valence-corrected chi connectivity index (χ3v) is 3.78. The summed E-state index contributed by atoms with van der Waals surface area (Å²) in [7, 11) is 0. The predicted octanol–water partition coefficient (Wildman–Crippen LogP) is 2.40. The van der Waals surface area contributed by atoms with E-state index in [4.69, 9.17) is 16.3 Å². The van der Waals surface area contributed by atoms with E-state index in [-0.39, 0.29) is 34.2 Å². The molecule has 1 aliphatic rings. The zero-order chi connectivity index (χ0) is 14.7. The van der Waals surface area contributed by atoms with E-state index in [2.05, 4.69) is 5.32 Å². The van der Waals surface area contributed by atoms with Gasteiger partial charge in [-0.05, 0) is 25.5 Å². The van der Waals surface area contributed by atoms with Crippen LogP contribution in [-0.2, 0) is 4.74 Å². The Hall–Kier alpha value is -1.66. The van der Waals surface area contributed by atoms with Crippen molar-refractivity contribution >= 4 is 23.2 Å². The first-order chi connectivity index (χ1) is 9.49. The van der Waals surface area contributed by atoms with Crippen LogP contribution < -0.4 is 5.32 Å². The SMILES string of the molecule is CC1OCCC1CNC(=O)c1ccc(Cl)c([N+](=O)[O-])c1. The molecule has 0 aromatic heterocycles. The maximum Gasteiger partial charge on any atom is 0.288 e. The van der Waals surface area contributed by atoms with E-state index in [1.54, 1.807) is 0 Å². The molecule has 0 saturated carbocycles. The molecule has 1 amide bonds. The maximum absolute atomic E-state index is 12.0. The molecule has 2 unspecified atom stereocenters. The summed E-state index contributed by atoms with van der Waals surface area (Å²) in [5, 5.41) is 13.6. The van der Waals surface area contributed by atoms with Gasteiger partial charge >= 0.3 is 0 Å². The summed E-state index contributed by atoms with van der Waals surface area (Å²) in [6.07, 6.45) is 1.03. The molecule has 1 fully saturated rings. The van der Waals surface area contributed by atoms with Crippen LogP contribution in [-0.4, -0.2) is 30.1 Å². The Balaban J connectivity index is 2.02. The van der Waals surface area contributed by atoms with Crippen LogP contribution in [0.4, 0.5) is 5.69 Å². The first kappa shape index (κ1) is 14.7. The fourth-order valence-corrected chi connectivity index (χ4v) is 2.35. The monoisotopic (exact) mass is 298 g/mol. The summed E-state index contributed by atoms with van der Waals surface area (Å²) in [4.78, 5) is 22.2. The average molecular weight is 299 g/mol. The standard InChI is InChI=1S/C13H15ClN2O4/c1-8-10(4-5-20-8)7-15-13(17)9-2-3-11(14)12(6-9)16(18)19/h2-3,6,8,10H,4-5,7H2,1H3,(H,15,17). The summed E-state index contributed by atoms with van der Waals surface area (Å²) in [5.41, 5.74) is -0.0375. The Morgan fingerprint density at radius 2 is 2.35 bits per heavy atom. The number of carbonyl (C=O) groups excluding carboxylic acids is 1. The number of ether oxygens (including phenoxy) is 1. The quantitative estimate of drug-likeness (QED) is 0.683. The van der Waals surface area contributed by atoms with Gasteiger partial charge in [-0.1, -0.05) is 11.6 Å². The second kappa shape index (κ2) is 6.19. The van der Waals surface area contributed by atoms with Gasteiger partial charge in [0.1, 0.15) is 5.02 Å². The van der Waals surface area contributed by atoms with Gasteiger partial charge in [-0.2, -0.15) is 0 Å². The van der Waals surface area contributed by atoms with Crippen LogP contribution in [0.1, 0.15) is 23.7 Å². The van der Waals surface area contributed by atoms with E-state index < -0.39 is 4.92 Å². The number of hydrogen-bond acceptors (Lipinski definition) is 4. The molecule has 0 radical (unpaired) electrons. The minimum Gasteiger partial charge on any atom is -0.378 e. The number of benzene rings is 1. The Labute approximate surface area is 121 Å². The smallest absolute Gasteiger partial charge is 0.288 e. The van der Waals surface area contributed by atoms with Crippen molar-refractivity contribution in [3.05, 3.63) is 38.9 Å². The highest BCUT2D eigenvalue weighted by Gasteiger charge is 2.25. The van der Waals surface area contributed by atoms with Gasteiger partial charge < -0.3 is 10.1 Å². The fourth-order valence-electron chi connectivity index (χ4n) is 2.16. The van der Waals surface area contributed by atoms with Crippen molar-refractivity contribution in [2.75, 3.05) is 13.2 Å². The second-order valence-electron chi connectivity index (χ2n) is 4.76. The lowest BCUT2D eigenvalue weighted by Gasteiger charge is -2.14. The van der Waals surface area contributed by atoms with E-state index in [0.29, 0.717) is 13.2 Å². The van der Waals surface area contributed by atoms with E-state index in [1.165, 1.54) is 18.2 Å². The minimum atomic E-state index is -0.605. The summed E-state index contributed by atoms with van der Waals surface area (Å²) in [6.45, 7) is 3.17. The fraction of sp³-hybridized carbons (Fsp3) is 0.462. The molecular formula is C13H15ClN2O4. The van der Waals surface area contributed by atoms with Crippen molar-refractivity contribution < 1.29 is 14.5 Å². The molecule has 7 heteroatoms. The summed E-state index contributed by atoms with van der Waals surface area (Å²) >= 11 is 5.71. The van der Waals surface area contributed by atoms with E-state index >= 15 is 0 Å². The molecule has 1 aromatic carbocycles. The highest BCUT2D eigenvalue weighted by molar-refractivity contribution is 6.32. The largest absolute Gasteiger partial charge is 0.378 e. The van der Waals surface area contributed by atoms with Gasteiger partial charge in [-0.15, -0.1) is 0 Å². The number of amides is 1. The number of nitrogens with zero attached hydrogens (tertiary/aromatic N) is 1. The molecule has 2 rings (SSSR count). The molecule has 1 aliphatic heterocycles. The molecule has 1 N–H and O–H groups in total. The number of rotatable bonds is 4. The third kappa shape index (κ3) is 3.26. The van der Waals surface area contributed by atoms with Crippen LogP contribution in [0.15, 0.2) is 18.2 Å². The molecule has 0 spiro atoms. The van der Waals surface area contributed by atoms with Gasteiger partial charge in [0.05, 0.1) is 11.0 Å². The zero-order valence-corrected chi connectivity index (χ0v) is 11.7. The van der Waals surface area contributed by atoms with Crippen molar-refractivity contribution in [1.82, 2.24) is 5.32 Å². The molecule has 1 aromatic rings. The van der Waals surface area contributed by atoms with Crippen molar-refractivity contribution in [3.63, 3.8) is 0 Å². The van der Waals surface area contributed by atoms with Crippen molar-refractivity contribution in [3.8, 4) is 0 Å². The van der Waals surface area contributed by atoms with Gasteiger partial charge in [0.2, 0.25) is 0 Å². The molecule has 1 heterocycles. The van der Waals surface area contributed by atoms with Gasteiger partial charge in [0.25, 0.3) is 11.6 Å². The van der Waals surface area contributed by atoms with E-state index in [1.807, 2.05) is 6.92 Å². The van der Waals surface area contributed by atoms with Gasteiger partial charge in [-0.25, -0.2) is 0 Å². The number of nitro groups is 1. The number of halogens is 1. The first-order valence-corrected chi connectivity index (χ1v) is 6.70. The van der Waals surface area contributed by atoms with E-state index in [0.717, 1.165) is 6.42 Å². The highest BCUT2D eigenvalue weighted by Crippen LogP contribution is 2.25. The zero-order valence-electron chi connectivity index (χ0n) is 11.0.